The Morgan fingerprint density at radius 3 is 2.67 bits per heavy atom. The molecule has 1 N–H and O–H groups in total. The first-order valence-corrected chi connectivity index (χ1v) is 10.4. The molecule has 30 heavy (non-hydrogen) atoms. The van der Waals surface area contributed by atoms with E-state index in [-0.39, 0.29) is 12.3 Å². The minimum atomic E-state index is -0.171. The zero-order valence-corrected chi connectivity index (χ0v) is 18.4. The lowest BCUT2D eigenvalue weighted by molar-refractivity contribution is -0.115. The highest BCUT2D eigenvalue weighted by Crippen LogP contribution is 2.33. The fourth-order valence-corrected chi connectivity index (χ4v) is 4.48. The summed E-state index contributed by atoms with van der Waals surface area (Å²) in [6, 6.07) is 9.99. The van der Waals surface area contributed by atoms with Crippen LogP contribution in [0.25, 0.3) is 22.2 Å². The van der Waals surface area contributed by atoms with E-state index in [0.29, 0.717) is 10.8 Å². The molecule has 0 aliphatic carbocycles. The first kappa shape index (κ1) is 20.1. The summed E-state index contributed by atoms with van der Waals surface area (Å²) in [5.74, 6) is 0.668. The van der Waals surface area contributed by atoms with E-state index in [1.54, 1.807) is 7.11 Å². The van der Waals surface area contributed by atoms with Crippen molar-refractivity contribution in [2.75, 3.05) is 12.4 Å². The molecule has 2 aromatic carbocycles. The first-order chi connectivity index (χ1) is 14.4. The molecular weight excluding hydrogens is 398 g/mol. The number of amides is 1. The highest BCUT2D eigenvalue weighted by Gasteiger charge is 2.17. The van der Waals surface area contributed by atoms with Gasteiger partial charge in [-0.3, -0.25) is 4.79 Å². The molecule has 0 unspecified atom stereocenters. The molecule has 1 amide bonds. The van der Waals surface area contributed by atoms with Gasteiger partial charge >= 0.3 is 0 Å². The van der Waals surface area contributed by atoms with Crippen molar-refractivity contribution in [3.8, 4) is 17.0 Å². The summed E-state index contributed by atoms with van der Waals surface area (Å²) in [5.41, 5.74) is 6.38. The Hall–Kier alpha value is -3.19. The molecule has 0 saturated carbocycles. The summed E-state index contributed by atoms with van der Waals surface area (Å²) >= 11 is 1.46. The van der Waals surface area contributed by atoms with Crippen molar-refractivity contribution in [1.29, 1.82) is 0 Å². The summed E-state index contributed by atoms with van der Waals surface area (Å²) in [5, 5.41) is 8.47. The Bertz CT molecular complexity index is 1260. The number of hydrogen-bond donors (Lipinski definition) is 1. The second-order valence-electron chi connectivity index (χ2n) is 7.42. The molecule has 7 heteroatoms. The van der Waals surface area contributed by atoms with E-state index in [4.69, 9.17) is 9.26 Å². The number of nitrogens with one attached hydrogen (secondary N) is 1. The van der Waals surface area contributed by atoms with E-state index >= 15 is 0 Å². The number of benzene rings is 2. The van der Waals surface area contributed by atoms with Crippen LogP contribution in [-0.4, -0.2) is 23.2 Å². The third kappa shape index (κ3) is 3.80. The van der Waals surface area contributed by atoms with Crippen molar-refractivity contribution in [1.82, 2.24) is 10.1 Å². The molecule has 0 aliphatic heterocycles. The number of nitrogens with zero attached hydrogens (tertiary/aromatic N) is 2. The SMILES string of the molecule is COc1ccc(-c2nc(NC(=O)Cc3noc4c(C)cc(C)cc34)sc2C)cc1C. The van der Waals surface area contributed by atoms with Crippen LogP contribution in [0.4, 0.5) is 5.13 Å². The molecule has 0 fully saturated rings. The maximum Gasteiger partial charge on any atom is 0.232 e. The van der Waals surface area contributed by atoms with Crippen molar-refractivity contribution in [2.24, 2.45) is 0 Å². The van der Waals surface area contributed by atoms with E-state index in [1.165, 1.54) is 11.3 Å². The third-order valence-corrected chi connectivity index (χ3v) is 5.90. The van der Waals surface area contributed by atoms with Gasteiger partial charge < -0.3 is 14.6 Å². The highest BCUT2D eigenvalue weighted by atomic mass is 32.1. The van der Waals surface area contributed by atoms with Crippen LogP contribution in [0, 0.1) is 27.7 Å². The monoisotopic (exact) mass is 421 g/mol. The Labute approximate surface area is 178 Å². The zero-order valence-electron chi connectivity index (χ0n) is 17.6. The summed E-state index contributed by atoms with van der Waals surface area (Å²) in [7, 11) is 1.66. The normalized spacial score (nSPS) is 11.1. The second kappa shape index (κ2) is 7.91. The van der Waals surface area contributed by atoms with Crippen LogP contribution in [0.5, 0.6) is 5.75 Å². The molecule has 0 atom stereocenters. The number of hydrogen-bond acceptors (Lipinski definition) is 6. The Morgan fingerprint density at radius 2 is 1.93 bits per heavy atom. The molecule has 6 nitrogen and oxygen atoms in total. The largest absolute Gasteiger partial charge is 0.496 e. The maximum absolute atomic E-state index is 12.6. The van der Waals surface area contributed by atoms with Crippen molar-refractivity contribution >= 4 is 33.3 Å². The second-order valence-corrected chi connectivity index (χ2v) is 8.62. The van der Waals surface area contributed by atoms with Gasteiger partial charge in [0, 0.05) is 15.8 Å². The number of methoxy groups -OCH3 is 1. The van der Waals surface area contributed by atoms with E-state index in [9.17, 15) is 4.79 Å². The summed E-state index contributed by atoms with van der Waals surface area (Å²) < 4.78 is 10.8. The fourth-order valence-electron chi connectivity index (χ4n) is 3.63. The number of anilines is 1. The number of ether oxygens (including phenoxy) is 1. The maximum atomic E-state index is 12.6. The standard InChI is InChI=1S/C23H23N3O3S/c1-12-8-14(3)22-17(9-12)18(26-29-22)11-20(27)24-23-25-21(15(4)30-23)16-6-7-19(28-5)13(2)10-16/h6-10H,11H2,1-5H3,(H,24,25,27). The lowest BCUT2D eigenvalue weighted by Gasteiger charge is -2.06. The third-order valence-electron chi connectivity index (χ3n) is 5.02. The topological polar surface area (TPSA) is 77.2 Å². The lowest BCUT2D eigenvalue weighted by Crippen LogP contribution is -2.14. The van der Waals surface area contributed by atoms with Gasteiger partial charge in [-0.1, -0.05) is 11.2 Å². The van der Waals surface area contributed by atoms with Gasteiger partial charge in [-0.25, -0.2) is 4.98 Å². The fraction of sp³-hybridized carbons (Fsp3) is 0.261. The van der Waals surface area contributed by atoms with Crippen LogP contribution >= 0.6 is 11.3 Å². The molecule has 2 heterocycles. The van der Waals surface area contributed by atoms with Crippen molar-refractivity contribution in [3.05, 3.63) is 57.6 Å². The van der Waals surface area contributed by atoms with Crippen LogP contribution < -0.4 is 10.1 Å². The van der Waals surface area contributed by atoms with Crippen LogP contribution in [-0.2, 0) is 11.2 Å². The molecule has 0 saturated heterocycles. The Kier molecular flexibility index (Phi) is 5.30. The van der Waals surface area contributed by atoms with Crippen LogP contribution in [0.2, 0.25) is 0 Å². The van der Waals surface area contributed by atoms with Crippen molar-refractivity contribution in [2.45, 2.75) is 34.1 Å². The van der Waals surface area contributed by atoms with E-state index < -0.39 is 0 Å². The number of carbonyl (C=O) groups excluding carboxylic acids is 1. The van der Waals surface area contributed by atoms with E-state index in [1.807, 2.05) is 58.0 Å². The van der Waals surface area contributed by atoms with Gasteiger partial charge in [0.25, 0.3) is 0 Å². The van der Waals surface area contributed by atoms with Crippen LogP contribution in [0.15, 0.2) is 34.9 Å². The van der Waals surface area contributed by atoms with Crippen LogP contribution in [0.3, 0.4) is 0 Å². The van der Waals surface area contributed by atoms with Crippen molar-refractivity contribution in [3.63, 3.8) is 0 Å². The molecule has 0 spiro atoms. The summed E-state index contributed by atoms with van der Waals surface area (Å²) in [6.45, 7) is 7.99. The summed E-state index contributed by atoms with van der Waals surface area (Å²) in [6.07, 6.45) is 0.130. The molecule has 0 bridgehead atoms. The minimum Gasteiger partial charge on any atom is -0.496 e. The van der Waals surface area contributed by atoms with E-state index in [0.717, 1.165) is 49.5 Å². The quantitative estimate of drug-likeness (QED) is 0.468. The van der Waals surface area contributed by atoms with Gasteiger partial charge in [-0.15, -0.1) is 11.3 Å². The first-order valence-electron chi connectivity index (χ1n) is 9.63. The van der Waals surface area contributed by atoms with Gasteiger partial charge in [0.1, 0.15) is 11.4 Å². The predicted molar refractivity (Wildman–Crippen MR) is 119 cm³/mol. The number of aryl methyl sites for hydroxylation is 4. The molecule has 2 aromatic heterocycles. The number of thiazole rings is 1. The smallest absolute Gasteiger partial charge is 0.232 e. The number of carbonyl (C=O) groups is 1. The molecule has 0 radical (unpaired) electrons. The Balaban J connectivity index is 1.54. The summed E-state index contributed by atoms with van der Waals surface area (Å²) in [4.78, 5) is 18.3. The average molecular weight is 422 g/mol. The zero-order chi connectivity index (χ0) is 21.4. The minimum absolute atomic E-state index is 0.130. The number of fused-ring (bicyclic) bond motifs is 1. The molecule has 4 rings (SSSR count). The van der Waals surface area contributed by atoms with Gasteiger partial charge in [-0.2, -0.15) is 0 Å². The van der Waals surface area contributed by atoms with Gasteiger partial charge in [0.05, 0.1) is 19.2 Å². The molecule has 4 aromatic rings. The average Bonchev–Trinajstić information content (AvgIpc) is 3.25. The van der Waals surface area contributed by atoms with Crippen molar-refractivity contribution < 1.29 is 14.1 Å². The molecule has 154 valence electrons. The molecule has 0 aliphatic rings. The predicted octanol–water partition coefficient (Wildman–Crippen LogP) is 5.37. The lowest BCUT2D eigenvalue weighted by atomic mass is 10.1. The van der Waals surface area contributed by atoms with Crippen LogP contribution in [0.1, 0.15) is 27.3 Å². The van der Waals surface area contributed by atoms with Gasteiger partial charge in [-0.05, 0) is 68.7 Å². The number of aromatic nitrogens is 2. The highest BCUT2D eigenvalue weighted by molar-refractivity contribution is 7.16. The number of rotatable bonds is 5. The van der Waals surface area contributed by atoms with Gasteiger partial charge in [0.15, 0.2) is 10.7 Å². The Morgan fingerprint density at radius 1 is 1.13 bits per heavy atom. The molecular formula is C23H23N3O3S. The van der Waals surface area contributed by atoms with Gasteiger partial charge in [0.2, 0.25) is 5.91 Å². The van der Waals surface area contributed by atoms with E-state index in [2.05, 4.69) is 15.5 Å².